The van der Waals surface area contributed by atoms with Gasteiger partial charge in [-0.1, -0.05) is 6.07 Å². The number of hydrogen-bond acceptors (Lipinski definition) is 3. The topological polar surface area (TPSA) is 70.2 Å². The van der Waals surface area contributed by atoms with Crippen molar-refractivity contribution in [3.63, 3.8) is 0 Å². The summed E-state index contributed by atoms with van der Waals surface area (Å²) in [6, 6.07) is 11.2. The van der Waals surface area contributed by atoms with Crippen LogP contribution < -0.4 is 16.0 Å². The molecule has 2 rings (SSSR count). The van der Waals surface area contributed by atoms with Crippen molar-refractivity contribution < 1.29 is 22.8 Å². The van der Waals surface area contributed by atoms with E-state index in [0.29, 0.717) is 11.4 Å². The number of nitrogens with one attached hydrogen (secondary N) is 3. The van der Waals surface area contributed by atoms with Crippen LogP contribution >= 0.6 is 11.8 Å². The van der Waals surface area contributed by atoms with Crippen molar-refractivity contribution in [2.24, 2.45) is 0 Å². The van der Waals surface area contributed by atoms with Crippen LogP contribution in [0.15, 0.2) is 53.4 Å². The van der Waals surface area contributed by atoms with E-state index in [0.717, 1.165) is 0 Å². The third-order valence-electron chi connectivity index (χ3n) is 2.96. The first kappa shape index (κ1) is 18.7. The monoisotopic (exact) mass is 369 g/mol. The van der Waals surface area contributed by atoms with Gasteiger partial charge in [-0.05, 0) is 54.2 Å². The zero-order valence-electron chi connectivity index (χ0n) is 13.0. The van der Waals surface area contributed by atoms with Crippen LogP contribution in [0.1, 0.15) is 10.4 Å². The van der Waals surface area contributed by atoms with Crippen LogP contribution in [-0.2, 0) is 0 Å². The first-order valence-corrected chi connectivity index (χ1v) is 7.84. The average molecular weight is 369 g/mol. The zero-order chi connectivity index (χ0) is 18.4. The largest absolute Gasteiger partial charge is 0.446 e. The quantitative estimate of drug-likeness (QED) is 0.704. The number of halogens is 3. The molecular weight excluding hydrogens is 355 g/mol. The van der Waals surface area contributed by atoms with Crippen molar-refractivity contribution in [2.45, 2.75) is 10.4 Å². The predicted octanol–water partition coefficient (Wildman–Crippen LogP) is 4.30. The molecule has 132 valence electrons. The Bertz CT molecular complexity index is 764. The van der Waals surface area contributed by atoms with Crippen molar-refractivity contribution >= 4 is 35.1 Å². The highest BCUT2D eigenvalue weighted by molar-refractivity contribution is 8.00. The second-order valence-corrected chi connectivity index (χ2v) is 5.95. The molecule has 2 aromatic rings. The number of hydrogen-bond donors (Lipinski definition) is 3. The van der Waals surface area contributed by atoms with Crippen LogP contribution in [0.5, 0.6) is 0 Å². The molecule has 0 atom stereocenters. The van der Waals surface area contributed by atoms with E-state index in [1.54, 1.807) is 24.3 Å². The lowest BCUT2D eigenvalue weighted by atomic mass is 10.2. The normalized spacial score (nSPS) is 10.9. The summed E-state index contributed by atoms with van der Waals surface area (Å²) in [5.41, 5.74) is -3.24. The Hall–Kier alpha value is -2.68. The molecule has 2 aromatic carbocycles. The maximum atomic E-state index is 12.3. The summed E-state index contributed by atoms with van der Waals surface area (Å²) in [5, 5.41) is 7.58. The Morgan fingerprint density at radius 2 is 1.56 bits per heavy atom. The molecule has 0 unspecified atom stereocenters. The number of thioether (sulfide) groups is 1. The van der Waals surface area contributed by atoms with Crippen LogP contribution in [0.4, 0.5) is 29.3 Å². The van der Waals surface area contributed by atoms with Gasteiger partial charge in [-0.2, -0.15) is 13.2 Å². The molecule has 9 heteroatoms. The molecule has 0 aromatic heterocycles. The van der Waals surface area contributed by atoms with Crippen LogP contribution in [-0.4, -0.2) is 24.5 Å². The van der Waals surface area contributed by atoms with E-state index >= 15 is 0 Å². The highest BCUT2D eigenvalue weighted by Gasteiger charge is 2.29. The summed E-state index contributed by atoms with van der Waals surface area (Å²) < 4.78 is 36.9. The molecule has 0 saturated carbocycles. The molecule has 0 saturated heterocycles. The van der Waals surface area contributed by atoms with Gasteiger partial charge in [0.2, 0.25) is 0 Å². The Labute approximate surface area is 146 Å². The molecule has 0 aliphatic carbocycles. The van der Waals surface area contributed by atoms with Crippen molar-refractivity contribution in [3.8, 4) is 0 Å². The molecule has 0 heterocycles. The fourth-order valence-corrected chi connectivity index (χ4v) is 2.42. The first-order valence-electron chi connectivity index (χ1n) is 7.03. The molecule has 5 nitrogen and oxygen atoms in total. The second kappa shape index (κ2) is 7.93. The Balaban J connectivity index is 2.04. The lowest BCUT2D eigenvalue weighted by Crippen LogP contribution is -2.24. The Morgan fingerprint density at radius 3 is 2.12 bits per heavy atom. The Morgan fingerprint density at radius 1 is 0.960 bits per heavy atom. The van der Waals surface area contributed by atoms with E-state index in [4.69, 9.17) is 0 Å². The summed E-state index contributed by atoms with van der Waals surface area (Å²) >= 11 is -0.243. The number of rotatable bonds is 4. The second-order valence-electron chi connectivity index (χ2n) is 4.81. The summed E-state index contributed by atoms with van der Waals surface area (Å²) in [6.07, 6.45) is 0. The van der Waals surface area contributed by atoms with Crippen molar-refractivity contribution in [1.82, 2.24) is 5.32 Å². The first-order chi connectivity index (χ1) is 11.8. The van der Waals surface area contributed by atoms with Gasteiger partial charge >= 0.3 is 11.5 Å². The summed E-state index contributed by atoms with van der Waals surface area (Å²) in [5.74, 6) is -0.472. The number of urea groups is 1. The maximum Gasteiger partial charge on any atom is 0.446 e. The minimum absolute atomic E-state index is 0.000764. The minimum Gasteiger partial charge on any atom is -0.341 e. The van der Waals surface area contributed by atoms with Crippen LogP contribution in [0, 0.1) is 0 Å². The number of alkyl halides is 3. The molecule has 3 N–H and O–H groups in total. The van der Waals surface area contributed by atoms with E-state index in [1.165, 1.54) is 31.3 Å². The SMILES string of the molecule is CNC(=O)Nc1cccc(NC(=O)c2ccc(SC(F)(F)F)cc2)c1. The minimum atomic E-state index is -4.37. The zero-order valence-corrected chi connectivity index (χ0v) is 13.8. The lowest BCUT2D eigenvalue weighted by molar-refractivity contribution is -0.0328. The molecule has 0 aliphatic rings. The highest BCUT2D eigenvalue weighted by atomic mass is 32.2. The van der Waals surface area contributed by atoms with Crippen LogP contribution in [0.3, 0.4) is 0 Å². The number of amides is 3. The molecule has 25 heavy (non-hydrogen) atoms. The van der Waals surface area contributed by atoms with Gasteiger partial charge in [0.15, 0.2) is 0 Å². The van der Waals surface area contributed by atoms with E-state index in [1.807, 2.05) is 0 Å². The van der Waals surface area contributed by atoms with Gasteiger partial charge in [-0.15, -0.1) is 0 Å². The smallest absolute Gasteiger partial charge is 0.341 e. The highest BCUT2D eigenvalue weighted by Crippen LogP contribution is 2.36. The third-order valence-corrected chi connectivity index (χ3v) is 3.69. The van der Waals surface area contributed by atoms with E-state index in [2.05, 4.69) is 16.0 Å². The number of carbonyl (C=O) groups is 2. The van der Waals surface area contributed by atoms with Gasteiger partial charge in [0.1, 0.15) is 0 Å². The molecular formula is C16H14F3N3O2S. The van der Waals surface area contributed by atoms with Crippen molar-refractivity contribution in [2.75, 3.05) is 17.7 Å². The van der Waals surface area contributed by atoms with Crippen LogP contribution in [0.2, 0.25) is 0 Å². The third kappa shape index (κ3) is 6.03. The molecule has 0 spiro atoms. The van der Waals surface area contributed by atoms with Gasteiger partial charge in [0.05, 0.1) is 0 Å². The fourth-order valence-electron chi connectivity index (χ4n) is 1.88. The number of carbonyl (C=O) groups excluding carboxylic acids is 2. The molecule has 0 fully saturated rings. The molecule has 3 amide bonds. The van der Waals surface area contributed by atoms with Gasteiger partial charge in [0, 0.05) is 28.9 Å². The summed E-state index contributed by atoms with van der Waals surface area (Å²) in [7, 11) is 1.47. The summed E-state index contributed by atoms with van der Waals surface area (Å²) in [6.45, 7) is 0. The molecule has 0 radical (unpaired) electrons. The molecule has 0 aliphatic heterocycles. The van der Waals surface area contributed by atoms with Gasteiger partial charge in [0.25, 0.3) is 5.91 Å². The Kier molecular flexibility index (Phi) is 5.92. The van der Waals surface area contributed by atoms with Crippen molar-refractivity contribution in [1.29, 1.82) is 0 Å². The summed E-state index contributed by atoms with van der Waals surface area (Å²) in [4.78, 5) is 23.4. The number of anilines is 2. The lowest BCUT2D eigenvalue weighted by Gasteiger charge is -2.09. The van der Waals surface area contributed by atoms with E-state index in [-0.39, 0.29) is 22.2 Å². The van der Waals surface area contributed by atoms with Gasteiger partial charge < -0.3 is 16.0 Å². The van der Waals surface area contributed by atoms with E-state index < -0.39 is 17.4 Å². The molecule has 0 bridgehead atoms. The van der Waals surface area contributed by atoms with Crippen molar-refractivity contribution in [3.05, 3.63) is 54.1 Å². The standard InChI is InChI=1S/C16H14F3N3O2S/c1-20-15(24)22-12-4-2-3-11(9-12)21-14(23)10-5-7-13(8-6-10)25-16(17,18)19/h2-9H,1H3,(H,21,23)(H2,20,22,24). The average Bonchev–Trinajstić information content (AvgIpc) is 2.54. The van der Waals surface area contributed by atoms with Crippen LogP contribution in [0.25, 0.3) is 0 Å². The van der Waals surface area contributed by atoms with E-state index in [9.17, 15) is 22.8 Å². The van der Waals surface area contributed by atoms with Gasteiger partial charge in [-0.25, -0.2) is 4.79 Å². The predicted molar refractivity (Wildman–Crippen MR) is 90.8 cm³/mol. The number of benzene rings is 2. The van der Waals surface area contributed by atoms with Gasteiger partial charge in [-0.3, -0.25) is 4.79 Å². The maximum absolute atomic E-state index is 12.3. The fraction of sp³-hybridized carbons (Fsp3) is 0.125.